The molecule has 0 atom stereocenters. The van der Waals surface area contributed by atoms with Gasteiger partial charge in [-0.25, -0.2) is 10.2 Å². The van der Waals surface area contributed by atoms with E-state index in [9.17, 15) is 0 Å². The van der Waals surface area contributed by atoms with Gasteiger partial charge in [-0.15, -0.1) is 10.2 Å². The highest BCUT2D eigenvalue weighted by Gasteiger charge is 2.62. The molecule has 0 spiro atoms. The highest BCUT2D eigenvalue weighted by Crippen LogP contribution is 2.80. The van der Waals surface area contributed by atoms with E-state index in [-0.39, 0.29) is 33.2 Å². The van der Waals surface area contributed by atoms with Crippen LogP contribution < -0.4 is 30.5 Å². The standard InChI is InChI=1S/C25H63N9P3/c1-20(2,3)26-35(27-21(4,5)6)32-36(28-22(7,8)9,29-23(10,11)12)34(19)37(33-35,30-24(13,14)15)31-25(16,17)18/h26-31H,1-19H3/q+1. The van der Waals surface area contributed by atoms with Gasteiger partial charge in [-0.1, -0.05) is 4.44 Å². The minimum atomic E-state index is -2.70. The summed E-state index contributed by atoms with van der Waals surface area (Å²) in [5, 5.41) is 24.0. The molecule has 0 radical (unpaired) electrons. The van der Waals surface area contributed by atoms with E-state index in [4.69, 9.17) is 9.03 Å². The van der Waals surface area contributed by atoms with Gasteiger partial charge in [-0.3, -0.25) is 10.2 Å². The molecule has 0 aliphatic carbocycles. The Morgan fingerprint density at radius 3 is 1.03 bits per heavy atom. The summed E-state index contributed by atoms with van der Waals surface area (Å²) in [6, 6.07) is 0. The Labute approximate surface area is 231 Å². The summed E-state index contributed by atoms with van der Waals surface area (Å²) >= 11 is 0. The molecule has 0 bridgehead atoms. The third-order valence-corrected chi connectivity index (χ3v) is 17.6. The Hall–Kier alpha value is 0.610. The number of hydrogen-bond acceptors (Lipinski definition) is 9. The lowest BCUT2D eigenvalue weighted by Gasteiger charge is -2.51. The molecule has 1 aliphatic heterocycles. The lowest BCUT2D eigenvalue weighted by molar-refractivity contribution is 0.450. The van der Waals surface area contributed by atoms with Gasteiger partial charge in [0.15, 0.2) is 0 Å². The SMILES string of the molecule is CN1P(NC(C)(C)C)(NC(C)(C)C)=NP(NC(C)(C)C)(NC(C)(C)C)=N[P+]1(NC(C)(C)C)NC(C)(C)C. The molecular formula is C25H63N9P3+. The van der Waals surface area contributed by atoms with Crippen molar-refractivity contribution in [1.29, 1.82) is 0 Å². The minimum Gasteiger partial charge on any atom is -0.252 e. The summed E-state index contributed by atoms with van der Waals surface area (Å²) in [6.07, 6.45) is 0. The van der Waals surface area contributed by atoms with E-state index in [2.05, 4.69) is 167 Å². The number of nitrogens with zero attached hydrogens (tertiary/aromatic N) is 3. The zero-order valence-corrected chi connectivity index (χ0v) is 30.4. The van der Waals surface area contributed by atoms with Crippen molar-refractivity contribution in [3.63, 3.8) is 0 Å². The third-order valence-electron chi connectivity index (χ3n) is 4.30. The summed E-state index contributed by atoms with van der Waals surface area (Å²) < 4.78 is 14.0. The van der Waals surface area contributed by atoms with Crippen molar-refractivity contribution < 1.29 is 0 Å². The van der Waals surface area contributed by atoms with Gasteiger partial charge in [-0.2, -0.15) is 4.52 Å². The van der Waals surface area contributed by atoms with Crippen molar-refractivity contribution in [1.82, 2.24) is 35.0 Å². The average molecular weight is 583 g/mol. The monoisotopic (exact) mass is 582 g/mol. The maximum Gasteiger partial charge on any atom is 0.361 e. The zero-order chi connectivity index (χ0) is 29.7. The lowest BCUT2D eigenvalue weighted by atomic mass is 10.1. The molecule has 0 saturated heterocycles. The van der Waals surface area contributed by atoms with E-state index in [0.29, 0.717) is 0 Å². The Balaban J connectivity index is 4.42. The van der Waals surface area contributed by atoms with Crippen LogP contribution in [-0.4, -0.2) is 44.7 Å². The second kappa shape index (κ2) is 10.8. The highest BCUT2D eigenvalue weighted by molar-refractivity contribution is 7.88. The van der Waals surface area contributed by atoms with Crippen molar-refractivity contribution in [2.45, 2.75) is 158 Å². The molecule has 6 N–H and O–H groups in total. The molecule has 0 unspecified atom stereocenters. The summed E-state index contributed by atoms with van der Waals surface area (Å²) in [5.74, 6) is 0. The highest BCUT2D eigenvalue weighted by atomic mass is 31.3. The smallest absolute Gasteiger partial charge is 0.252 e. The molecule has 1 aliphatic rings. The Morgan fingerprint density at radius 2 is 0.784 bits per heavy atom. The van der Waals surface area contributed by atoms with E-state index in [1.165, 1.54) is 0 Å². The summed E-state index contributed by atoms with van der Waals surface area (Å²) in [6.45, 7) is 39.8. The molecule has 0 fully saturated rings. The topological polar surface area (TPSA) is 100 Å². The van der Waals surface area contributed by atoms with E-state index in [0.717, 1.165) is 0 Å². The van der Waals surface area contributed by atoms with Crippen LogP contribution in [0.25, 0.3) is 0 Å². The van der Waals surface area contributed by atoms with Crippen molar-refractivity contribution >= 4 is 22.9 Å². The fraction of sp³-hybridized carbons (Fsp3) is 1.00. The summed E-state index contributed by atoms with van der Waals surface area (Å²) in [7, 11) is -5.71. The van der Waals surface area contributed by atoms with Crippen molar-refractivity contribution in [2.24, 2.45) is 9.03 Å². The molecule has 12 heteroatoms. The van der Waals surface area contributed by atoms with Gasteiger partial charge in [0.2, 0.25) is 7.51 Å². The second-order valence-corrected chi connectivity index (χ2v) is 24.5. The van der Waals surface area contributed by atoms with Crippen molar-refractivity contribution in [3.8, 4) is 0 Å². The maximum atomic E-state index is 5.81. The Kier molecular flexibility index (Phi) is 10.4. The molecule has 1 heterocycles. The van der Waals surface area contributed by atoms with Crippen LogP contribution in [0.5, 0.6) is 0 Å². The van der Waals surface area contributed by atoms with Gasteiger partial charge in [0.05, 0.1) is 0 Å². The van der Waals surface area contributed by atoms with Crippen LogP contribution in [0.1, 0.15) is 125 Å². The van der Waals surface area contributed by atoms with Gasteiger partial charge in [0, 0.05) is 40.3 Å². The van der Waals surface area contributed by atoms with E-state index in [1.54, 1.807) is 0 Å². The van der Waals surface area contributed by atoms with Gasteiger partial charge in [0.1, 0.15) is 0 Å². The van der Waals surface area contributed by atoms with Crippen molar-refractivity contribution in [2.75, 3.05) is 7.05 Å². The zero-order valence-electron chi connectivity index (χ0n) is 27.7. The van der Waals surface area contributed by atoms with Gasteiger partial charge in [0.25, 0.3) is 7.51 Å². The molecule has 9 nitrogen and oxygen atoms in total. The molecule has 222 valence electrons. The van der Waals surface area contributed by atoms with Crippen LogP contribution in [0.4, 0.5) is 0 Å². The molecule has 0 aromatic rings. The predicted molar refractivity (Wildman–Crippen MR) is 171 cm³/mol. The Bertz CT molecular complexity index is 847. The second-order valence-electron chi connectivity index (χ2n) is 16.6. The Morgan fingerprint density at radius 1 is 0.486 bits per heavy atom. The first-order valence-electron chi connectivity index (χ1n) is 13.5. The van der Waals surface area contributed by atoms with Crippen LogP contribution in [0.15, 0.2) is 9.03 Å². The van der Waals surface area contributed by atoms with Crippen LogP contribution in [0.3, 0.4) is 0 Å². The molecule has 0 aromatic heterocycles. The van der Waals surface area contributed by atoms with Crippen molar-refractivity contribution in [3.05, 3.63) is 0 Å². The quantitative estimate of drug-likeness (QED) is 0.178. The lowest BCUT2D eigenvalue weighted by Crippen LogP contribution is -2.56. The molecule has 37 heavy (non-hydrogen) atoms. The predicted octanol–water partition coefficient (Wildman–Crippen LogP) is 7.83. The average Bonchev–Trinajstić information content (AvgIpc) is 2.41. The number of nitrogens with one attached hydrogen (secondary N) is 6. The van der Waals surface area contributed by atoms with Gasteiger partial charge >= 0.3 is 7.87 Å². The largest absolute Gasteiger partial charge is 0.361 e. The normalized spacial score (nSPS) is 21.4. The molecule has 0 aromatic carbocycles. The first-order valence-corrected chi connectivity index (χ1v) is 18.6. The fourth-order valence-corrected chi connectivity index (χ4v) is 18.9. The minimum absolute atomic E-state index is 0.195. The summed E-state index contributed by atoms with van der Waals surface area (Å²) in [4.78, 5) is 0. The third kappa shape index (κ3) is 11.9. The number of hydrogen-bond donors (Lipinski definition) is 6. The maximum absolute atomic E-state index is 5.81. The van der Waals surface area contributed by atoms with Crippen LogP contribution in [0.2, 0.25) is 0 Å². The van der Waals surface area contributed by atoms with E-state index < -0.39 is 22.9 Å². The molecule has 1 rings (SSSR count). The van der Waals surface area contributed by atoms with Crippen LogP contribution in [0, 0.1) is 0 Å². The van der Waals surface area contributed by atoms with Gasteiger partial charge < -0.3 is 0 Å². The molecule has 0 amide bonds. The fourth-order valence-electron chi connectivity index (χ4n) is 4.05. The molecular weight excluding hydrogens is 519 g/mol. The van der Waals surface area contributed by atoms with E-state index >= 15 is 0 Å². The van der Waals surface area contributed by atoms with Crippen LogP contribution in [-0.2, 0) is 0 Å². The van der Waals surface area contributed by atoms with E-state index in [1.807, 2.05) is 0 Å². The van der Waals surface area contributed by atoms with Gasteiger partial charge in [-0.05, 0) is 129 Å². The molecule has 0 saturated carbocycles. The first kappa shape index (κ1) is 35.6. The first-order chi connectivity index (χ1) is 15.8. The number of rotatable bonds is 6. The van der Waals surface area contributed by atoms with Crippen LogP contribution >= 0.6 is 22.9 Å². The summed E-state index contributed by atoms with van der Waals surface area (Å²) in [5.41, 5.74) is -1.21.